The molecule has 0 aliphatic rings. The van der Waals surface area contributed by atoms with Gasteiger partial charge in [-0.05, 0) is 43.0 Å². The van der Waals surface area contributed by atoms with Crippen LogP contribution in [-0.2, 0) is 4.79 Å². The molecule has 1 atom stereocenters. The fourth-order valence-corrected chi connectivity index (χ4v) is 2.97. The summed E-state index contributed by atoms with van der Waals surface area (Å²) in [4.78, 5) is 25.5. The van der Waals surface area contributed by atoms with Crippen LogP contribution in [0, 0.1) is 12.8 Å². The van der Waals surface area contributed by atoms with Gasteiger partial charge in [0, 0.05) is 18.2 Å². The first-order valence-corrected chi connectivity index (χ1v) is 9.95. The van der Waals surface area contributed by atoms with E-state index in [0.717, 1.165) is 31.2 Å². The molecule has 28 heavy (non-hydrogen) atoms. The van der Waals surface area contributed by atoms with Crippen LogP contribution in [-0.4, -0.2) is 18.4 Å². The summed E-state index contributed by atoms with van der Waals surface area (Å²) in [6.07, 6.45) is 7.46. The second kappa shape index (κ2) is 11.1. The van der Waals surface area contributed by atoms with Gasteiger partial charge < -0.3 is 15.1 Å². The average molecular weight is 383 g/mol. The predicted octanol–water partition coefficient (Wildman–Crippen LogP) is 4.69. The Morgan fingerprint density at radius 1 is 1.14 bits per heavy atom. The third kappa shape index (κ3) is 6.41. The van der Waals surface area contributed by atoms with E-state index in [9.17, 15) is 9.59 Å². The molecule has 0 spiro atoms. The molecule has 0 unspecified atom stereocenters. The van der Waals surface area contributed by atoms with Crippen LogP contribution in [0.2, 0.25) is 0 Å². The Bertz CT molecular complexity index is 794. The maximum atomic E-state index is 12.8. The van der Waals surface area contributed by atoms with Gasteiger partial charge in [0.25, 0.3) is 11.8 Å². The van der Waals surface area contributed by atoms with Crippen LogP contribution < -0.4 is 10.6 Å². The van der Waals surface area contributed by atoms with Gasteiger partial charge in [0.15, 0.2) is 0 Å². The maximum Gasteiger partial charge on any atom is 0.267 e. The fraction of sp³-hybridized carbons (Fsp3) is 0.391. The molecule has 2 rings (SSSR count). The van der Waals surface area contributed by atoms with Crippen LogP contribution in [0.25, 0.3) is 6.08 Å². The Morgan fingerprint density at radius 2 is 1.93 bits per heavy atom. The van der Waals surface area contributed by atoms with Crippen LogP contribution >= 0.6 is 0 Å². The van der Waals surface area contributed by atoms with Gasteiger partial charge in [0.1, 0.15) is 11.5 Å². The molecule has 0 aliphatic heterocycles. The van der Waals surface area contributed by atoms with E-state index < -0.39 is 0 Å². The quantitative estimate of drug-likeness (QED) is 0.586. The zero-order valence-corrected chi connectivity index (χ0v) is 17.0. The standard InChI is InChI=1S/C23H30N2O3/c1-4-6-11-18(5-2)16-24-23(27)21(15-19-12-9-14-28-19)25-22(26)20-13-8-7-10-17(20)3/h7-10,12-15,18H,4-6,11,16H2,1-3H3,(H,24,27)(H,25,26)/b21-15-/t18-/m0/s1. The summed E-state index contributed by atoms with van der Waals surface area (Å²) in [6, 6.07) is 10.8. The number of nitrogens with one attached hydrogen (secondary N) is 2. The van der Waals surface area contributed by atoms with Gasteiger partial charge in [-0.15, -0.1) is 0 Å². The molecule has 0 fully saturated rings. The molecule has 1 heterocycles. The molecule has 2 N–H and O–H groups in total. The smallest absolute Gasteiger partial charge is 0.267 e. The molecule has 5 nitrogen and oxygen atoms in total. The molecule has 5 heteroatoms. The Labute approximate surface area is 167 Å². The van der Waals surface area contributed by atoms with Crippen molar-refractivity contribution in [2.24, 2.45) is 5.92 Å². The zero-order chi connectivity index (χ0) is 20.4. The largest absolute Gasteiger partial charge is 0.465 e. The number of carbonyl (C=O) groups excluding carboxylic acids is 2. The molecule has 0 saturated carbocycles. The number of furan rings is 1. The van der Waals surface area contributed by atoms with Crippen molar-refractivity contribution in [2.75, 3.05) is 6.54 Å². The third-order valence-corrected chi connectivity index (χ3v) is 4.81. The van der Waals surface area contributed by atoms with Crippen LogP contribution in [0.4, 0.5) is 0 Å². The monoisotopic (exact) mass is 382 g/mol. The van der Waals surface area contributed by atoms with E-state index in [0.29, 0.717) is 23.8 Å². The second-order valence-electron chi connectivity index (χ2n) is 6.97. The van der Waals surface area contributed by atoms with Gasteiger partial charge in [-0.1, -0.05) is 51.3 Å². The Morgan fingerprint density at radius 3 is 2.57 bits per heavy atom. The lowest BCUT2D eigenvalue weighted by Crippen LogP contribution is -2.37. The summed E-state index contributed by atoms with van der Waals surface area (Å²) in [5, 5.41) is 5.71. The van der Waals surface area contributed by atoms with E-state index in [4.69, 9.17) is 4.42 Å². The molecule has 2 aromatic rings. The Kier molecular flexibility index (Phi) is 8.53. The average Bonchev–Trinajstić information content (AvgIpc) is 3.21. The molecule has 0 saturated heterocycles. The normalized spacial score (nSPS) is 12.5. The van der Waals surface area contributed by atoms with Gasteiger partial charge in [0.05, 0.1) is 6.26 Å². The number of unbranched alkanes of at least 4 members (excludes halogenated alkanes) is 1. The van der Waals surface area contributed by atoms with E-state index in [1.165, 1.54) is 6.26 Å². The van der Waals surface area contributed by atoms with E-state index in [1.807, 2.05) is 19.1 Å². The highest BCUT2D eigenvalue weighted by Crippen LogP contribution is 2.13. The highest BCUT2D eigenvalue weighted by atomic mass is 16.3. The number of rotatable bonds is 10. The van der Waals surface area contributed by atoms with Crippen molar-refractivity contribution < 1.29 is 14.0 Å². The minimum atomic E-state index is -0.316. The van der Waals surface area contributed by atoms with Crippen LogP contribution in [0.3, 0.4) is 0 Å². The molecule has 0 bridgehead atoms. The van der Waals surface area contributed by atoms with E-state index in [-0.39, 0.29) is 17.5 Å². The molecule has 0 radical (unpaired) electrons. The Hall–Kier alpha value is -2.82. The predicted molar refractivity (Wildman–Crippen MR) is 112 cm³/mol. The molecule has 0 aliphatic carbocycles. The molecule has 150 valence electrons. The van der Waals surface area contributed by atoms with Crippen LogP contribution in [0.15, 0.2) is 52.8 Å². The van der Waals surface area contributed by atoms with Crippen molar-refractivity contribution in [3.05, 3.63) is 65.2 Å². The topological polar surface area (TPSA) is 71.3 Å². The van der Waals surface area contributed by atoms with Gasteiger partial charge in [-0.2, -0.15) is 0 Å². The van der Waals surface area contributed by atoms with Gasteiger partial charge in [-0.3, -0.25) is 9.59 Å². The first-order chi connectivity index (χ1) is 13.5. The number of aryl methyl sites for hydroxylation is 1. The maximum absolute atomic E-state index is 12.8. The number of amides is 2. The third-order valence-electron chi connectivity index (χ3n) is 4.81. The number of hydrogen-bond acceptors (Lipinski definition) is 3. The highest BCUT2D eigenvalue weighted by Gasteiger charge is 2.17. The van der Waals surface area contributed by atoms with Crippen molar-refractivity contribution in [2.45, 2.75) is 46.5 Å². The van der Waals surface area contributed by atoms with Crippen LogP contribution in [0.1, 0.15) is 61.2 Å². The number of hydrogen-bond donors (Lipinski definition) is 2. The molecule has 2 amide bonds. The summed E-state index contributed by atoms with van der Waals surface area (Å²) >= 11 is 0. The van der Waals surface area contributed by atoms with Crippen molar-refractivity contribution in [1.29, 1.82) is 0 Å². The molecule has 1 aromatic heterocycles. The van der Waals surface area contributed by atoms with Crippen LogP contribution in [0.5, 0.6) is 0 Å². The summed E-state index contributed by atoms with van der Waals surface area (Å²) in [6.45, 7) is 6.75. The molecule has 1 aromatic carbocycles. The van der Waals surface area contributed by atoms with Crippen molar-refractivity contribution in [3.63, 3.8) is 0 Å². The lowest BCUT2D eigenvalue weighted by molar-refractivity contribution is -0.117. The lowest BCUT2D eigenvalue weighted by Gasteiger charge is -2.17. The Balaban J connectivity index is 2.12. The summed E-state index contributed by atoms with van der Waals surface area (Å²) in [5.74, 6) is 0.312. The summed E-state index contributed by atoms with van der Waals surface area (Å²) < 4.78 is 5.32. The van der Waals surface area contributed by atoms with E-state index >= 15 is 0 Å². The van der Waals surface area contributed by atoms with Crippen molar-refractivity contribution in [3.8, 4) is 0 Å². The minimum Gasteiger partial charge on any atom is -0.465 e. The van der Waals surface area contributed by atoms with E-state index in [2.05, 4.69) is 24.5 Å². The second-order valence-corrected chi connectivity index (χ2v) is 6.97. The van der Waals surface area contributed by atoms with Gasteiger partial charge in [-0.25, -0.2) is 0 Å². The summed E-state index contributed by atoms with van der Waals surface area (Å²) in [7, 11) is 0. The van der Waals surface area contributed by atoms with Gasteiger partial charge in [0.2, 0.25) is 0 Å². The zero-order valence-electron chi connectivity index (χ0n) is 17.0. The highest BCUT2D eigenvalue weighted by molar-refractivity contribution is 6.05. The van der Waals surface area contributed by atoms with Gasteiger partial charge >= 0.3 is 0 Å². The molecular formula is C23H30N2O3. The fourth-order valence-electron chi connectivity index (χ4n) is 2.97. The number of carbonyl (C=O) groups is 2. The first kappa shape index (κ1) is 21.5. The SMILES string of the molecule is CCCC[C@H](CC)CNC(=O)/C(=C/c1ccco1)NC(=O)c1ccccc1C. The first-order valence-electron chi connectivity index (χ1n) is 9.95. The van der Waals surface area contributed by atoms with Crippen molar-refractivity contribution in [1.82, 2.24) is 10.6 Å². The lowest BCUT2D eigenvalue weighted by atomic mass is 9.99. The minimum absolute atomic E-state index is 0.175. The summed E-state index contributed by atoms with van der Waals surface area (Å²) in [5.41, 5.74) is 1.56. The van der Waals surface area contributed by atoms with Crippen molar-refractivity contribution >= 4 is 17.9 Å². The number of benzene rings is 1. The molecular weight excluding hydrogens is 352 g/mol. The van der Waals surface area contributed by atoms with E-state index in [1.54, 1.807) is 30.3 Å².